The number of aryl methyl sites for hydroxylation is 1. The Kier molecular flexibility index (Phi) is 7.43. The van der Waals surface area contributed by atoms with E-state index >= 15 is 0 Å². The molecule has 1 spiro atoms. The number of rotatable bonds is 6. The van der Waals surface area contributed by atoms with Crippen LogP contribution in [0.3, 0.4) is 0 Å². The Hall–Kier alpha value is -3.92. The van der Waals surface area contributed by atoms with Gasteiger partial charge in [-0.1, -0.05) is 29.8 Å². The summed E-state index contributed by atoms with van der Waals surface area (Å²) < 4.78 is 26.8. The monoisotopic (exact) mass is 593 g/mol. The highest BCUT2D eigenvalue weighted by Gasteiger charge is 2.59. The van der Waals surface area contributed by atoms with Gasteiger partial charge in [0, 0.05) is 43.8 Å². The van der Waals surface area contributed by atoms with E-state index in [1.165, 1.54) is 6.07 Å². The van der Waals surface area contributed by atoms with Crippen LogP contribution in [0.1, 0.15) is 69.8 Å². The van der Waals surface area contributed by atoms with E-state index < -0.39 is 23.4 Å². The average molecular weight is 594 g/mol. The molecule has 3 aromatic rings. The van der Waals surface area contributed by atoms with Crippen molar-refractivity contribution in [2.45, 2.75) is 50.5 Å². The molecule has 3 aliphatic rings. The van der Waals surface area contributed by atoms with Gasteiger partial charge in [-0.3, -0.25) is 24.4 Å². The molecular formula is C31H30ClF2N5O3. The maximum absolute atomic E-state index is 13.9. The van der Waals surface area contributed by atoms with E-state index in [4.69, 9.17) is 11.6 Å². The van der Waals surface area contributed by atoms with E-state index in [1.54, 1.807) is 17.2 Å². The summed E-state index contributed by atoms with van der Waals surface area (Å²) >= 11 is 5.91. The topological polar surface area (TPSA) is 95.5 Å². The summed E-state index contributed by atoms with van der Waals surface area (Å²) in [6.45, 7) is 3.07. The Bertz CT molecular complexity index is 1550. The number of hydrogen-bond acceptors (Lipinski definition) is 5. The molecule has 3 amide bonds. The minimum atomic E-state index is -2.89. The van der Waals surface area contributed by atoms with Crippen LogP contribution in [0.5, 0.6) is 0 Å². The number of fused-ring (bicyclic) bond motifs is 2. The summed E-state index contributed by atoms with van der Waals surface area (Å²) in [5, 5.41) is 2.98. The number of aromatic nitrogens is 2. The molecule has 11 heteroatoms. The normalized spacial score (nSPS) is 20.9. The minimum Gasteiger partial charge on any atom is -0.349 e. The first-order valence-electron chi connectivity index (χ1n) is 14.0. The molecular weight excluding hydrogens is 564 g/mol. The van der Waals surface area contributed by atoms with Gasteiger partial charge >= 0.3 is 0 Å². The van der Waals surface area contributed by atoms with Crippen molar-refractivity contribution in [2.75, 3.05) is 24.5 Å². The first kappa shape index (κ1) is 28.2. The Morgan fingerprint density at radius 3 is 2.55 bits per heavy atom. The third-order valence-corrected chi connectivity index (χ3v) is 8.87. The predicted octanol–water partition coefficient (Wildman–Crippen LogP) is 5.11. The number of nitrogens with one attached hydrogen (secondary N) is 1. The van der Waals surface area contributed by atoms with Crippen molar-refractivity contribution in [3.05, 3.63) is 88.0 Å². The number of amides is 3. The molecule has 2 aliphatic heterocycles. The minimum absolute atomic E-state index is 0.00774. The van der Waals surface area contributed by atoms with E-state index in [2.05, 4.69) is 15.3 Å². The summed E-state index contributed by atoms with van der Waals surface area (Å²) in [5.41, 5.74) is 1.60. The van der Waals surface area contributed by atoms with Crippen LogP contribution in [0.25, 0.3) is 0 Å². The van der Waals surface area contributed by atoms with Crippen LogP contribution in [0.4, 0.5) is 14.5 Å². The van der Waals surface area contributed by atoms with Crippen molar-refractivity contribution in [3.8, 4) is 0 Å². The number of nitrogens with zero attached hydrogens (tertiary/aromatic N) is 4. The number of pyridine rings is 2. The Morgan fingerprint density at radius 1 is 1.10 bits per heavy atom. The van der Waals surface area contributed by atoms with Crippen LogP contribution in [0, 0.1) is 12.8 Å². The Morgan fingerprint density at radius 2 is 1.83 bits per heavy atom. The maximum atomic E-state index is 13.9. The smallest absolute Gasteiger partial charge is 0.281 e. The van der Waals surface area contributed by atoms with Gasteiger partial charge < -0.3 is 15.1 Å². The predicted molar refractivity (Wildman–Crippen MR) is 153 cm³/mol. The third-order valence-electron chi connectivity index (χ3n) is 8.67. The van der Waals surface area contributed by atoms with Gasteiger partial charge in [0.05, 0.1) is 10.6 Å². The fraction of sp³-hybridized carbons (Fsp3) is 0.387. The molecule has 8 nitrogen and oxygen atoms in total. The fourth-order valence-electron chi connectivity index (χ4n) is 6.46. The Labute approximate surface area is 247 Å². The number of hydrogen-bond donors (Lipinski definition) is 1. The van der Waals surface area contributed by atoms with Crippen molar-refractivity contribution in [2.24, 2.45) is 5.92 Å². The number of para-hydroxylation sites is 1. The van der Waals surface area contributed by atoms with Gasteiger partial charge in [0.15, 0.2) is 0 Å². The standard InChI is InChI=1S/C31H30ClF2N5O3/c1-18-10-11-35-24(12-18)29(41)38-16-31(17-38)23-4-2-3-5-25(23)39(30(31)42)15-19-6-8-21(9-7-19)37-28(40)22-13-20(32)14-36-26(22)27(33)34/h2-5,10-14,19,21,27H,6-9,15-17H2,1H3,(H,37,40). The lowest BCUT2D eigenvalue weighted by Gasteiger charge is -2.46. The molecule has 0 unspecified atom stereocenters. The summed E-state index contributed by atoms with van der Waals surface area (Å²) in [6.07, 6.45) is 2.69. The zero-order valence-electron chi connectivity index (χ0n) is 23.0. The lowest BCUT2D eigenvalue weighted by atomic mass is 9.74. The van der Waals surface area contributed by atoms with Gasteiger partial charge in [-0.2, -0.15) is 0 Å². The SMILES string of the molecule is Cc1ccnc(C(=O)N2CC3(C2)C(=O)N(CC2CCC(NC(=O)c4cc(Cl)cnc4C(F)F)CC2)c2ccccc23)c1. The summed E-state index contributed by atoms with van der Waals surface area (Å²) in [5.74, 6) is -0.570. The molecule has 0 bridgehead atoms. The molecule has 1 saturated heterocycles. The molecule has 1 saturated carbocycles. The van der Waals surface area contributed by atoms with Gasteiger partial charge in [-0.15, -0.1) is 0 Å². The van der Waals surface area contributed by atoms with Crippen LogP contribution in [0.2, 0.25) is 5.02 Å². The molecule has 1 N–H and O–H groups in total. The van der Waals surface area contributed by atoms with E-state index in [0.717, 1.165) is 35.9 Å². The first-order chi connectivity index (χ1) is 20.2. The van der Waals surface area contributed by atoms with Gasteiger partial charge in [0.25, 0.3) is 18.2 Å². The van der Waals surface area contributed by atoms with Crippen LogP contribution in [-0.2, 0) is 10.2 Å². The maximum Gasteiger partial charge on any atom is 0.281 e. The van der Waals surface area contributed by atoms with Crippen molar-refractivity contribution >= 4 is 35.0 Å². The number of carbonyl (C=O) groups excluding carboxylic acids is 3. The van der Waals surface area contributed by atoms with E-state index in [9.17, 15) is 23.2 Å². The molecule has 1 aliphatic carbocycles. The molecule has 0 atom stereocenters. The quantitative estimate of drug-likeness (QED) is 0.429. The molecule has 2 fully saturated rings. The lowest BCUT2D eigenvalue weighted by Crippen LogP contribution is -2.65. The number of likely N-dealkylation sites (tertiary alicyclic amines) is 1. The molecule has 4 heterocycles. The van der Waals surface area contributed by atoms with Gasteiger partial charge in [-0.05, 0) is 73.9 Å². The lowest BCUT2D eigenvalue weighted by molar-refractivity contribution is -0.128. The highest BCUT2D eigenvalue weighted by molar-refractivity contribution is 6.30. The highest BCUT2D eigenvalue weighted by atomic mass is 35.5. The number of anilines is 1. The number of carbonyl (C=O) groups is 3. The van der Waals surface area contributed by atoms with Gasteiger partial charge in [0.2, 0.25) is 5.91 Å². The van der Waals surface area contributed by atoms with Crippen molar-refractivity contribution < 1.29 is 23.2 Å². The fourth-order valence-corrected chi connectivity index (χ4v) is 6.62. The van der Waals surface area contributed by atoms with Crippen molar-refractivity contribution in [1.29, 1.82) is 0 Å². The van der Waals surface area contributed by atoms with Crippen molar-refractivity contribution in [1.82, 2.24) is 20.2 Å². The second-order valence-corrected chi connectivity index (χ2v) is 11.9. The van der Waals surface area contributed by atoms with E-state index in [-0.39, 0.29) is 34.4 Å². The van der Waals surface area contributed by atoms with Gasteiger partial charge in [0.1, 0.15) is 16.8 Å². The average Bonchev–Trinajstić information content (AvgIpc) is 3.20. The zero-order valence-corrected chi connectivity index (χ0v) is 23.8. The number of benzene rings is 1. The van der Waals surface area contributed by atoms with Crippen LogP contribution < -0.4 is 10.2 Å². The summed E-state index contributed by atoms with van der Waals surface area (Å²) in [4.78, 5) is 51.2. The van der Waals surface area contributed by atoms with E-state index in [1.807, 2.05) is 42.2 Å². The van der Waals surface area contributed by atoms with Crippen molar-refractivity contribution in [3.63, 3.8) is 0 Å². The molecule has 6 rings (SSSR count). The second kappa shape index (κ2) is 11.1. The molecule has 218 valence electrons. The van der Waals surface area contributed by atoms with Crippen LogP contribution in [0.15, 0.2) is 54.9 Å². The second-order valence-electron chi connectivity index (χ2n) is 11.5. The van der Waals surface area contributed by atoms with Crippen LogP contribution in [-0.4, -0.2) is 58.3 Å². The molecule has 2 aromatic heterocycles. The first-order valence-corrected chi connectivity index (χ1v) is 14.4. The highest BCUT2D eigenvalue weighted by Crippen LogP contribution is 2.48. The Balaban J connectivity index is 1.09. The summed E-state index contributed by atoms with van der Waals surface area (Å²) in [7, 11) is 0. The van der Waals surface area contributed by atoms with Gasteiger partial charge in [-0.25, -0.2) is 8.78 Å². The largest absolute Gasteiger partial charge is 0.349 e. The summed E-state index contributed by atoms with van der Waals surface area (Å²) in [6, 6.07) is 12.4. The third kappa shape index (κ3) is 5.02. The molecule has 42 heavy (non-hydrogen) atoms. The number of alkyl halides is 2. The molecule has 1 aromatic carbocycles. The van der Waals surface area contributed by atoms with Crippen LogP contribution >= 0.6 is 11.6 Å². The molecule has 0 radical (unpaired) electrons. The van der Waals surface area contributed by atoms with E-state index in [0.29, 0.717) is 38.2 Å². The zero-order chi connectivity index (χ0) is 29.6. The number of halogens is 3.